The topological polar surface area (TPSA) is 105 Å². The highest BCUT2D eigenvalue weighted by atomic mass is 32.2. The van der Waals surface area contributed by atoms with Crippen molar-refractivity contribution in [2.75, 3.05) is 28.5 Å². The first-order chi connectivity index (χ1) is 15.4. The number of benzene rings is 2. The Bertz CT molecular complexity index is 1120. The van der Waals surface area contributed by atoms with Crippen LogP contribution in [0.3, 0.4) is 0 Å². The number of hydrogen-bond donors (Lipinski definition) is 3. The zero-order chi connectivity index (χ0) is 23.0. The molecular weight excluding hydrogens is 426 g/mol. The van der Waals surface area contributed by atoms with Gasteiger partial charge in [0.05, 0.1) is 11.5 Å². The van der Waals surface area contributed by atoms with Gasteiger partial charge in [-0.15, -0.1) is 0 Å². The van der Waals surface area contributed by atoms with Crippen LogP contribution in [0.4, 0.5) is 23.0 Å². The molecule has 1 aromatic heterocycles. The molecule has 32 heavy (non-hydrogen) atoms. The average molecular weight is 456 g/mol. The van der Waals surface area contributed by atoms with Crippen molar-refractivity contribution in [3.63, 3.8) is 0 Å². The first kappa shape index (κ1) is 23.3. The summed E-state index contributed by atoms with van der Waals surface area (Å²) < 4.78 is 33.6. The molecule has 170 valence electrons. The molecular formula is C23H29N5O3S. The molecule has 3 rings (SSSR count). The molecule has 9 heteroatoms. The summed E-state index contributed by atoms with van der Waals surface area (Å²) in [5.74, 6) is 2.71. The van der Waals surface area contributed by atoms with Crippen LogP contribution in [0.15, 0.2) is 59.5 Å². The zero-order valence-corrected chi connectivity index (χ0v) is 19.4. The number of sulfonamides is 1. The van der Waals surface area contributed by atoms with Gasteiger partial charge in [0, 0.05) is 24.0 Å². The largest absolute Gasteiger partial charge is 0.494 e. The molecule has 3 aromatic rings. The van der Waals surface area contributed by atoms with Crippen LogP contribution in [-0.4, -0.2) is 31.5 Å². The Morgan fingerprint density at radius 2 is 1.56 bits per heavy atom. The fourth-order valence-corrected chi connectivity index (χ4v) is 3.99. The Morgan fingerprint density at radius 3 is 2.22 bits per heavy atom. The molecule has 0 spiro atoms. The van der Waals surface area contributed by atoms with Gasteiger partial charge in [0.15, 0.2) is 0 Å². The van der Waals surface area contributed by atoms with Crippen LogP contribution in [0.5, 0.6) is 5.75 Å². The monoisotopic (exact) mass is 455 g/mol. The van der Waals surface area contributed by atoms with E-state index in [1.54, 1.807) is 48.5 Å². The summed E-state index contributed by atoms with van der Waals surface area (Å²) in [7, 11) is -3.70. The molecule has 3 N–H and O–H groups in total. The predicted molar refractivity (Wildman–Crippen MR) is 128 cm³/mol. The van der Waals surface area contributed by atoms with E-state index in [1.165, 1.54) is 0 Å². The Balaban J connectivity index is 1.64. The smallest absolute Gasteiger partial charge is 0.261 e. The second-order valence-corrected chi connectivity index (χ2v) is 8.88. The van der Waals surface area contributed by atoms with Crippen molar-refractivity contribution in [3.8, 4) is 5.75 Å². The molecule has 0 saturated heterocycles. The highest BCUT2D eigenvalue weighted by molar-refractivity contribution is 7.92. The van der Waals surface area contributed by atoms with E-state index < -0.39 is 10.0 Å². The molecule has 0 aliphatic rings. The second kappa shape index (κ2) is 10.8. The summed E-state index contributed by atoms with van der Waals surface area (Å²) in [6, 6.07) is 15.2. The Morgan fingerprint density at radius 1 is 0.906 bits per heavy atom. The van der Waals surface area contributed by atoms with Crippen LogP contribution in [0.1, 0.15) is 32.5 Å². The van der Waals surface area contributed by atoms with Gasteiger partial charge in [0.1, 0.15) is 23.2 Å². The van der Waals surface area contributed by atoms with Crippen molar-refractivity contribution in [2.45, 2.75) is 38.5 Å². The Hall–Kier alpha value is -3.33. The van der Waals surface area contributed by atoms with Crippen LogP contribution in [0.25, 0.3) is 0 Å². The number of aromatic nitrogens is 2. The quantitative estimate of drug-likeness (QED) is 0.352. The number of unbranched alkanes of at least 4 members (excludes halogenated alkanes) is 1. The van der Waals surface area contributed by atoms with Crippen molar-refractivity contribution in [1.82, 2.24) is 9.97 Å². The van der Waals surface area contributed by atoms with E-state index in [2.05, 4.69) is 32.2 Å². The van der Waals surface area contributed by atoms with Crippen LogP contribution >= 0.6 is 0 Å². The van der Waals surface area contributed by atoms with E-state index in [4.69, 9.17) is 4.74 Å². The number of rotatable bonds is 11. The molecule has 2 aromatic carbocycles. The number of aryl methyl sites for hydroxylation is 1. The number of anilines is 4. The maximum Gasteiger partial charge on any atom is 0.261 e. The van der Waals surface area contributed by atoms with Crippen LogP contribution in [-0.2, 0) is 10.0 Å². The minimum Gasteiger partial charge on any atom is -0.494 e. The maximum absolute atomic E-state index is 12.7. The third kappa shape index (κ3) is 6.58. The van der Waals surface area contributed by atoms with E-state index in [0.29, 0.717) is 29.7 Å². The summed E-state index contributed by atoms with van der Waals surface area (Å²) in [5.41, 5.74) is 1.24. The molecule has 0 atom stereocenters. The average Bonchev–Trinajstić information content (AvgIpc) is 2.75. The van der Waals surface area contributed by atoms with Gasteiger partial charge in [0.25, 0.3) is 10.0 Å². The SMILES string of the molecule is CCCCOc1ccc(S(=O)(=O)Nc2ccc(Nc3cc(NCC)nc(C)n3)cc2)cc1. The lowest BCUT2D eigenvalue weighted by Crippen LogP contribution is -2.12. The van der Waals surface area contributed by atoms with Crippen molar-refractivity contribution in [1.29, 1.82) is 0 Å². The summed E-state index contributed by atoms with van der Waals surface area (Å²) in [6.45, 7) is 7.30. The van der Waals surface area contributed by atoms with E-state index in [0.717, 1.165) is 30.9 Å². The fraction of sp³-hybridized carbons (Fsp3) is 0.304. The second-order valence-electron chi connectivity index (χ2n) is 7.20. The van der Waals surface area contributed by atoms with Gasteiger partial charge in [-0.3, -0.25) is 4.72 Å². The summed E-state index contributed by atoms with van der Waals surface area (Å²) >= 11 is 0. The van der Waals surface area contributed by atoms with Gasteiger partial charge >= 0.3 is 0 Å². The van der Waals surface area contributed by atoms with Crippen molar-refractivity contribution >= 4 is 33.0 Å². The molecule has 8 nitrogen and oxygen atoms in total. The van der Waals surface area contributed by atoms with Crippen molar-refractivity contribution in [2.24, 2.45) is 0 Å². The molecule has 0 aliphatic carbocycles. The first-order valence-electron chi connectivity index (χ1n) is 10.6. The van der Waals surface area contributed by atoms with Gasteiger partial charge in [-0.05, 0) is 68.8 Å². The molecule has 0 fully saturated rings. The lowest BCUT2D eigenvalue weighted by Gasteiger charge is -2.11. The Kier molecular flexibility index (Phi) is 7.88. The van der Waals surface area contributed by atoms with Gasteiger partial charge < -0.3 is 15.4 Å². The number of nitrogens with one attached hydrogen (secondary N) is 3. The molecule has 0 unspecified atom stereocenters. The summed E-state index contributed by atoms with van der Waals surface area (Å²) in [6.07, 6.45) is 2.00. The zero-order valence-electron chi connectivity index (χ0n) is 18.6. The molecule has 0 radical (unpaired) electrons. The van der Waals surface area contributed by atoms with E-state index in [9.17, 15) is 8.42 Å². The molecule has 0 aliphatic heterocycles. The van der Waals surface area contributed by atoms with Crippen LogP contribution < -0.4 is 20.1 Å². The van der Waals surface area contributed by atoms with Gasteiger partial charge in [-0.2, -0.15) is 0 Å². The minimum absolute atomic E-state index is 0.176. The van der Waals surface area contributed by atoms with E-state index in [-0.39, 0.29) is 4.90 Å². The van der Waals surface area contributed by atoms with Crippen molar-refractivity contribution in [3.05, 3.63) is 60.4 Å². The standard InChI is InChI=1S/C23H29N5O3S/c1-4-6-15-31-20-11-13-21(14-12-20)32(29,30)28-19-9-7-18(8-10-19)27-23-16-22(24-5-2)25-17(3)26-23/h7-14,16,28H,4-6,15H2,1-3H3,(H2,24,25,26,27). The van der Waals surface area contributed by atoms with Gasteiger partial charge in [0.2, 0.25) is 0 Å². The van der Waals surface area contributed by atoms with Crippen LogP contribution in [0.2, 0.25) is 0 Å². The molecule has 1 heterocycles. The third-order valence-corrected chi connectivity index (χ3v) is 5.90. The summed E-state index contributed by atoms with van der Waals surface area (Å²) in [5, 5.41) is 6.38. The van der Waals surface area contributed by atoms with E-state index in [1.807, 2.05) is 19.9 Å². The van der Waals surface area contributed by atoms with E-state index >= 15 is 0 Å². The van der Waals surface area contributed by atoms with Crippen molar-refractivity contribution < 1.29 is 13.2 Å². The van der Waals surface area contributed by atoms with Gasteiger partial charge in [-0.1, -0.05) is 13.3 Å². The fourth-order valence-electron chi connectivity index (χ4n) is 2.94. The predicted octanol–water partition coefficient (Wildman–Crippen LogP) is 4.94. The Labute approximate surface area is 189 Å². The molecule has 0 bridgehead atoms. The van der Waals surface area contributed by atoms with Gasteiger partial charge in [-0.25, -0.2) is 18.4 Å². The maximum atomic E-state index is 12.7. The number of ether oxygens (including phenoxy) is 1. The number of nitrogens with zero attached hydrogens (tertiary/aromatic N) is 2. The number of hydrogen-bond acceptors (Lipinski definition) is 7. The highest BCUT2D eigenvalue weighted by Gasteiger charge is 2.14. The lowest BCUT2D eigenvalue weighted by atomic mass is 10.3. The lowest BCUT2D eigenvalue weighted by molar-refractivity contribution is 0.309. The molecule has 0 saturated carbocycles. The molecule has 0 amide bonds. The minimum atomic E-state index is -3.70. The normalized spacial score (nSPS) is 11.1. The first-order valence-corrected chi connectivity index (χ1v) is 12.1. The van der Waals surface area contributed by atoms with Crippen LogP contribution in [0, 0.1) is 6.92 Å². The summed E-state index contributed by atoms with van der Waals surface area (Å²) in [4.78, 5) is 8.88. The highest BCUT2D eigenvalue weighted by Crippen LogP contribution is 2.23. The third-order valence-electron chi connectivity index (χ3n) is 4.51.